The van der Waals surface area contributed by atoms with Crippen LogP contribution in [0.2, 0.25) is 5.02 Å². The van der Waals surface area contributed by atoms with Gasteiger partial charge in [0.1, 0.15) is 10.8 Å². The zero-order valence-corrected chi connectivity index (χ0v) is 17.0. The minimum Gasteiger partial charge on any atom is -0.496 e. The second-order valence-electron chi connectivity index (χ2n) is 6.60. The van der Waals surface area contributed by atoms with Crippen molar-refractivity contribution in [2.75, 3.05) is 12.4 Å². The lowest BCUT2D eigenvalue weighted by Gasteiger charge is -2.11. The Balaban J connectivity index is 1.68. The van der Waals surface area contributed by atoms with E-state index in [9.17, 15) is 14.4 Å². The Hall–Kier alpha value is -2.38. The fourth-order valence-electron chi connectivity index (χ4n) is 3.36. The van der Waals surface area contributed by atoms with Crippen molar-refractivity contribution >= 4 is 45.5 Å². The van der Waals surface area contributed by atoms with E-state index in [1.807, 2.05) is 0 Å². The van der Waals surface area contributed by atoms with Crippen LogP contribution in [0.25, 0.3) is 0 Å². The molecule has 1 aromatic carbocycles. The topological polar surface area (TPSA) is 98.5 Å². The molecule has 6 nitrogen and oxygen atoms in total. The van der Waals surface area contributed by atoms with Gasteiger partial charge in [-0.25, -0.2) is 0 Å². The predicted molar refractivity (Wildman–Crippen MR) is 110 cm³/mol. The summed E-state index contributed by atoms with van der Waals surface area (Å²) in [5.41, 5.74) is 7.25. The molecule has 0 radical (unpaired) electrons. The van der Waals surface area contributed by atoms with E-state index in [1.165, 1.54) is 24.5 Å². The fraction of sp³-hybridized carbons (Fsp3) is 0.350. The number of benzene rings is 1. The number of nitrogens with one attached hydrogen (secondary N) is 1. The summed E-state index contributed by atoms with van der Waals surface area (Å²) in [5, 5.41) is 3.67. The molecule has 2 amide bonds. The molecule has 0 saturated heterocycles. The van der Waals surface area contributed by atoms with Crippen LogP contribution in [-0.2, 0) is 17.6 Å². The highest BCUT2D eigenvalue weighted by atomic mass is 35.5. The number of nitrogens with two attached hydrogens (primary N) is 1. The van der Waals surface area contributed by atoms with E-state index < -0.39 is 5.91 Å². The van der Waals surface area contributed by atoms with Crippen LogP contribution in [0.15, 0.2) is 18.2 Å². The van der Waals surface area contributed by atoms with E-state index in [-0.39, 0.29) is 24.5 Å². The van der Waals surface area contributed by atoms with E-state index in [2.05, 4.69) is 5.32 Å². The first-order valence-electron chi connectivity index (χ1n) is 9.01. The number of ketones is 1. The van der Waals surface area contributed by atoms with Crippen molar-refractivity contribution in [3.8, 4) is 5.75 Å². The SMILES string of the molecule is COc1ccc(Cl)cc1C(=O)CCC(=O)Nc1sc2c(c1C(N)=O)CCCC2. The van der Waals surface area contributed by atoms with E-state index in [0.717, 1.165) is 36.1 Å². The molecule has 0 atom stereocenters. The number of anilines is 1. The number of amides is 2. The van der Waals surface area contributed by atoms with Gasteiger partial charge >= 0.3 is 0 Å². The van der Waals surface area contributed by atoms with Gasteiger partial charge in [-0.05, 0) is 49.4 Å². The van der Waals surface area contributed by atoms with E-state index in [4.69, 9.17) is 22.1 Å². The number of aryl methyl sites for hydroxylation is 1. The summed E-state index contributed by atoms with van der Waals surface area (Å²) in [5.74, 6) is -0.697. The van der Waals surface area contributed by atoms with Gasteiger partial charge in [-0.1, -0.05) is 11.6 Å². The molecule has 3 rings (SSSR count). The van der Waals surface area contributed by atoms with Gasteiger partial charge in [0.15, 0.2) is 5.78 Å². The molecule has 1 aromatic heterocycles. The van der Waals surface area contributed by atoms with Crippen molar-refractivity contribution in [1.29, 1.82) is 0 Å². The average molecular weight is 421 g/mol. The lowest BCUT2D eigenvalue weighted by atomic mass is 9.95. The van der Waals surface area contributed by atoms with Gasteiger partial charge in [-0.3, -0.25) is 14.4 Å². The van der Waals surface area contributed by atoms with Crippen LogP contribution in [0.1, 0.15) is 56.8 Å². The van der Waals surface area contributed by atoms with Crippen LogP contribution >= 0.6 is 22.9 Å². The smallest absolute Gasteiger partial charge is 0.251 e. The summed E-state index contributed by atoms with van der Waals surface area (Å²) in [4.78, 5) is 37.9. The van der Waals surface area contributed by atoms with Crippen LogP contribution in [-0.4, -0.2) is 24.7 Å². The van der Waals surface area contributed by atoms with E-state index >= 15 is 0 Å². The van der Waals surface area contributed by atoms with Crippen molar-refractivity contribution in [2.24, 2.45) is 5.73 Å². The third-order valence-electron chi connectivity index (χ3n) is 4.71. The van der Waals surface area contributed by atoms with Crippen LogP contribution in [0.4, 0.5) is 5.00 Å². The number of hydrogen-bond acceptors (Lipinski definition) is 5. The highest BCUT2D eigenvalue weighted by Crippen LogP contribution is 2.38. The summed E-state index contributed by atoms with van der Waals surface area (Å²) in [6, 6.07) is 4.78. The van der Waals surface area contributed by atoms with Crippen LogP contribution in [0.5, 0.6) is 5.75 Å². The van der Waals surface area contributed by atoms with Crippen LogP contribution < -0.4 is 15.8 Å². The van der Waals surface area contributed by atoms with Crippen molar-refractivity contribution in [2.45, 2.75) is 38.5 Å². The number of carbonyl (C=O) groups excluding carboxylic acids is 3. The molecule has 1 heterocycles. The molecule has 1 aliphatic rings. The highest BCUT2D eigenvalue weighted by molar-refractivity contribution is 7.17. The summed E-state index contributed by atoms with van der Waals surface area (Å²) >= 11 is 7.36. The third kappa shape index (κ3) is 4.36. The molecule has 28 heavy (non-hydrogen) atoms. The first-order valence-corrected chi connectivity index (χ1v) is 10.2. The van der Waals surface area contributed by atoms with Crippen molar-refractivity contribution in [3.63, 3.8) is 0 Å². The van der Waals surface area contributed by atoms with E-state index in [1.54, 1.807) is 12.1 Å². The van der Waals surface area contributed by atoms with Crippen molar-refractivity contribution in [1.82, 2.24) is 0 Å². The maximum Gasteiger partial charge on any atom is 0.251 e. The normalized spacial score (nSPS) is 12.9. The number of rotatable bonds is 7. The minimum atomic E-state index is -0.533. The molecular weight excluding hydrogens is 400 g/mol. The Morgan fingerprint density at radius 1 is 1.21 bits per heavy atom. The minimum absolute atomic E-state index is 0.000466. The molecule has 0 spiro atoms. The number of hydrogen-bond donors (Lipinski definition) is 2. The Morgan fingerprint density at radius 3 is 2.68 bits per heavy atom. The quantitative estimate of drug-likeness (QED) is 0.661. The second-order valence-corrected chi connectivity index (χ2v) is 8.14. The zero-order valence-electron chi connectivity index (χ0n) is 15.5. The zero-order chi connectivity index (χ0) is 20.3. The van der Waals surface area contributed by atoms with Crippen molar-refractivity contribution in [3.05, 3.63) is 44.8 Å². The molecule has 1 aliphatic carbocycles. The summed E-state index contributed by atoms with van der Waals surface area (Å²) in [6.07, 6.45) is 3.74. The average Bonchev–Trinajstić information content (AvgIpc) is 3.03. The Kier molecular flexibility index (Phi) is 6.36. The van der Waals surface area contributed by atoms with Crippen molar-refractivity contribution < 1.29 is 19.1 Å². The predicted octanol–water partition coefficient (Wildman–Crippen LogP) is 3.99. The Morgan fingerprint density at radius 2 is 1.96 bits per heavy atom. The lowest BCUT2D eigenvalue weighted by Crippen LogP contribution is -2.19. The number of Topliss-reactive ketones (excluding diaryl/α,β-unsaturated/α-hetero) is 1. The third-order valence-corrected chi connectivity index (χ3v) is 6.15. The van der Waals surface area contributed by atoms with Gasteiger partial charge in [-0.15, -0.1) is 11.3 Å². The number of methoxy groups -OCH3 is 1. The first kappa shape index (κ1) is 20.4. The maximum absolute atomic E-state index is 12.5. The molecule has 0 bridgehead atoms. The maximum atomic E-state index is 12.5. The molecule has 8 heteroatoms. The summed E-state index contributed by atoms with van der Waals surface area (Å²) < 4.78 is 5.18. The van der Waals surface area contributed by atoms with Crippen LogP contribution in [0.3, 0.4) is 0 Å². The molecule has 3 N–H and O–H groups in total. The van der Waals surface area contributed by atoms with Gasteiger partial charge in [0.2, 0.25) is 5.91 Å². The number of halogens is 1. The van der Waals surface area contributed by atoms with Gasteiger partial charge in [-0.2, -0.15) is 0 Å². The molecular formula is C20H21ClN2O4S. The highest BCUT2D eigenvalue weighted by Gasteiger charge is 2.25. The lowest BCUT2D eigenvalue weighted by molar-refractivity contribution is -0.116. The standard InChI is InChI=1S/C20H21ClN2O4S/c1-27-15-8-6-11(21)10-13(15)14(24)7-9-17(25)23-20-18(19(22)26)12-4-2-3-5-16(12)28-20/h6,8,10H,2-5,7,9H2,1H3,(H2,22,26)(H,23,25). The van der Waals surface area contributed by atoms with E-state index in [0.29, 0.717) is 26.9 Å². The molecule has 0 fully saturated rings. The van der Waals surface area contributed by atoms with Gasteiger partial charge in [0.05, 0.1) is 18.2 Å². The summed E-state index contributed by atoms with van der Waals surface area (Å²) in [6.45, 7) is 0. The molecule has 0 unspecified atom stereocenters. The Labute approximate surface area is 172 Å². The first-order chi connectivity index (χ1) is 13.4. The number of fused-ring (bicyclic) bond motifs is 1. The Bertz CT molecular complexity index is 939. The molecule has 0 saturated carbocycles. The summed E-state index contributed by atoms with van der Waals surface area (Å²) in [7, 11) is 1.47. The second kappa shape index (κ2) is 8.75. The number of primary amides is 1. The number of thiophene rings is 1. The largest absolute Gasteiger partial charge is 0.496 e. The molecule has 2 aromatic rings. The fourth-order valence-corrected chi connectivity index (χ4v) is 4.85. The van der Waals surface area contributed by atoms with Gasteiger partial charge < -0.3 is 15.8 Å². The van der Waals surface area contributed by atoms with Gasteiger partial charge in [0, 0.05) is 22.7 Å². The molecule has 0 aliphatic heterocycles. The van der Waals surface area contributed by atoms with Crippen LogP contribution in [0, 0.1) is 0 Å². The molecule has 148 valence electrons. The number of carbonyl (C=O) groups is 3. The monoisotopic (exact) mass is 420 g/mol. The number of ether oxygens (including phenoxy) is 1. The van der Waals surface area contributed by atoms with Gasteiger partial charge in [0.25, 0.3) is 5.91 Å².